The Morgan fingerprint density at radius 3 is 2.52 bits per heavy atom. The molecule has 4 rings (SSSR count). The first-order chi connectivity index (χ1) is 15.8. The number of benzene rings is 1. The normalized spacial score (nSPS) is 12.5. The third-order valence-corrected chi connectivity index (χ3v) is 4.87. The van der Waals surface area contributed by atoms with Crippen LogP contribution in [0.4, 0.5) is 13.2 Å². The minimum Gasteiger partial charge on any atom is -0.459 e. The summed E-state index contributed by atoms with van der Waals surface area (Å²) in [5.41, 5.74) is 0.148. The Morgan fingerprint density at radius 2 is 1.82 bits per heavy atom. The van der Waals surface area contributed by atoms with Gasteiger partial charge in [0.25, 0.3) is 5.91 Å². The summed E-state index contributed by atoms with van der Waals surface area (Å²) in [5, 5.41) is 12.9. The molecule has 1 unspecified atom stereocenters. The molecule has 4 aromatic rings. The number of amides is 2. The molecule has 1 aromatic carbocycles. The number of carbonyl (C=O) groups excluding carboxylic acids is 2. The van der Waals surface area contributed by atoms with Gasteiger partial charge in [-0.15, -0.1) is 10.2 Å². The van der Waals surface area contributed by atoms with E-state index in [-0.39, 0.29) is 30.2 Å². The number of alkyl halides is 3. The number of hydrogen-bond donors (Lipinski definition) is 2. The molecule has 0 radical (unpaired) electrons. The van der Waals surface area contributed by atoms with E-state index in [1.165, 1.54) is 18.4 Å². The molecule has 0 fully saturated rings. The fourth-order valence-corrected chi connectivity index (χ4v) is 3.21. The van der Waals surface area contributed by atoms with Crippen LogP contribution in [0.5, 0.6) is 0 Å². The fourth-order valence-electron chi connectivity index (χ4n) is 3.21. The summed E-state index contributed by atoms with van der Waals surface area (Å²) >= 11 is 0. The van der Waals surface area contributed by atoms with Crippen LogP contribution in [0.2, 0.25) is 0 Å². The Bertz CT molecular complexity index is 1250. The molecule has 2 N–H and O–H groups in total. The molecular formula is C22H18F3N5O3. The lowest BCUT2D eigenvalue weighted by molar-refractivity contribution is -0.137. The molecule has 3 aromatic heterocycles. The van der Waals surface area contributed by atoms with E-state index in [1.54, 1.807) is 18.2 Å². The van der Waals surface area contributed by atoms with Crippen molar-refractivity contribution in [2.45, 2.75) is 25.2 Å². The molecule has 0 spiro atoms. The number of hydrogen-bond acceptors (Lipinski definition) is 5. The van der Waals surface area contributed by atoms with Crippen molar-refractivity contribution in [3.63, 3.8) is 0 Å². The Kier molecular flexibility index (Phi) is 6.11. The summed E-state index contributed by atoms with van der Waals surface area (Å²) in [6, 6.07) is 13.2. The first-order valence-electron chi connectivity index (χ1n) is 9.88. The van der Waals surface area contributed by atoms with Crippen molar-refractivity contribution in [3.05, 3.63) is 89.8 Å². The highest BCUT2D eigenvalue weighted by Gasteiger charge is 2.31. The van der Waals surface area contributed by atoms with Crippen LogP contribution < -0.4 is 10.6 Å². The van der Waals surface area contributed by atoms with Gasteiger partial charge in [-0.1, -0.05) is 30.3 Å². The predicted molar refractivity (Wildman–Crippen MR) is 110 cm³/mol. The Hall–Kier alpha value is -4.15. The maximum absolute atomic E-state index is 13.0. The molecule has 8 nitrogen and oxygen atoms in total. The van der Waals surface area contributed by atoms with Gasteiger partial charge >= 0.3 is 6.18 Å². The van der Waals surface area contributed by atoms with Gasteiger partial charge < -0.3 is 15.1 Å². The SMILES string of the molecule is O=C(NC(Cc1ccccc1)C(=O)NCc1nnc2ccc(C(F)(F)F)cn12)c1ccco1. The van der Waals surface area contributed by atoms with Crippen LogP contribution in [0, 0.1) is 0 Å². The number of nitrogens with one attached hydrogen (secondary N) is 2. The van der Waals surface area contributed by atoms with Crippen LogP contribution in [0.3, 0.4) is 0 Å². The highest BCUT2D eigenvalue weighted by molar-refractivity contribution is 5.95. The first-order valence-corrected chi connectivity index (χ1v) is 9.88. The molecule has 33 heavy (non-hydrogen) atoms. The lowest BCUT2D eigenvalue weighted by atomic mass is 10.1. The van der Waals surface area contributed by atoms with Crippen LogP contribution in [-0.2, 0) is 23.9 Å². The average Bonchev–Trinajstić information content (AvgIpc) is 3.47. The third-order valence-electron chi connectivity index (χ3n) is 4.87. The van der Waals surface area contributed by atoms with Gasteiger partial charge in [-0.2, -0.15) is 13.2 Å². The van der Waals surface area contributed by atoms with Crippen molar-refractivity contribution < 1.29 is 27.2 Å². The smallest absolute Gasteiger partial charge is 0.417 e. The number of furan rings is 1. The van der Waals surface area contributed by atoms with Crippen molar-refractivity contribution >= 4 is 17.5 Å². The maximum Gasteiger partial charge on any atom is 0.417 e. The summed E-state index contributed by atoms with van der Waals surface area (Å²) in [5.74, 6) is -0.953. The van der Waals surface area contributed by atoms with Gasteiger partial charge in [0.2, 0.25) is 5.91 Å². The van der Waals surface area contributed by atoms with Crippen LogP contribution in [-0.4, -0.2) is 32.5 Å². The van der Waals surface area contributed by atoms with E-state index in [2.05, 4.69) is 20.8 Å². The van der Waals surface area contributed by atoms with E-state index < -0.39 is 29.6 Å². The number of halogens is 3. The van der Waals surface area contributed by atoms with Crippen molar-refractivity contribution in [3.8, 4) is 0 Å². The van der Waals surface area contributed by atoms with Gasteiger partial charge in [-0.3, -0.25) is 14.0 Å². The summed E-state index contributed by atoms with van der Waals surface area (Å²) in [4.78, 5) is 25.3. The second-order valence-electron chi connectivity index (χ2n) is 7.17. The third kappa shape index (κ3) is 5.20. The lowest BCUT2D eigenvalue weighted by Crippen LogP contribution is -2.47. The zero-order valence-electron chi connectivity index (χ0n) is 17.0. The molecule has 0 saturated heterocycles. The zero-order valence-corrected chi connectivity index (χ0v) is 17.0. The second kappa shape index (κ2) is 9.15. The van der Waals surface area contributed by atoms with E-state index in [0.717, 1.165) is 22.2 Å². The fraction of sp³-hybridized carbons (Fsp3) is 0.182. The Balaban J connectivity index is 1.51. The minimum atomic E-state index is -4.53. The molecule has 3 heterocycles. The molecular weight excluding hydrogens is 439 g/mol. The number of fused-ring (bicyclic) bond motifs is 1. The maximum atomic E-state index is 13.0. The van der Waals surface area contributed by atoms with Crippen molar-refractivity contribution in [2.24, 2.45) is 0 Å². The van der Waals surface area contributed by atoms with E-state index in [1.807, 2.05) is 18.2 Å². The quantitative estimate of drug-likeness (QED) is 0.444. The van der Waals surface area contributed by atoms with E-state index in [9.17, 15) is 22.8 Å². The number of pyridine rings is 1. The zero-order chi connectivity index (χ0) is 23.4. The predicted octanol–water partition coefficient (Wildman–Crippen LogP) is 3.00. The molecule has 0 saturated carbocycles. The number of rotatable bonds is 7. The lowest BCUT2D eigenvalue weighted by Gasteiger charge is -2.18. The highest BCUT2D eigenvalue weighted by Crippen LogP contribution is 2.29. The van der Waals surface area contributed by atoms with Gasteiger partial charge in [-0.25, -0.2) is 0 Å². The van der Waals surface area contributed by atoms with Gasteiger partial charge in [0, 0.05) is 12.6 Å². The summed E-state index contributed by atoms with van der Waals surface area (Å²) in [7, 11) is 0. The molecule has 11 heteroatoms. The Morgan fingerprint density at radius 1 is 1.03 bits per heavy atom. The first kappa shape index (κ1) is 22.1. The Labute approximate surface area is 185 Å². The highest BCUT2D eigenvalue weighted by atomic mass is 19.4. The molecule has 0 aliphatic carbocycles. The van der Waals surface area contributed by atoms with Gasteiger partial charge in [0.15, 0.2) is 17.2 Å². The van der Waals surface area contributed by atoms with Crippen LogP contribution >= 0.6 is 0 Å². The molecule has 1 atom stereocenters. The monoisotopic (exact) mass is 457 g/mol. The molecule has 2 amide bonds. The number of carbonyl (C=O) groups is 2. The van der Waals surface area contributed by atoms with Gasteiger partial charge in [0.05, 0.1) is 18.4 Å². The van der Waals surface area contributed by atoms with Crippen LogP contribution in [0.1, 0.15) is 27.5 Å². The summed E-state index contributed by atoms with van der Waals surface area (Å²) in [6.07, 6.45) is -2.13. The van der Waals surface area contributed by atoms with E-state index in [4.69, 9.17) is 4.42 Å². The molecule has 0 bridgehead atoms. The summed E-state index contributed by atoms with van der Waals surface area (Å²) in [6.45, 7) is -0.191. The molecule has 170 valence electrons. The van der Waals surface area contributed by atoms with Crippen molar-refractivity contribution in [1.82, 2.24) is 25.2 Å². The topological polar surface area (TPSA) is 102 Å². The summed E-state index contributed by atoms with van der Waals surface area (Å²) < 4.78 is 45.4. The number of nitrogens with zero attached hydrogens (tertiary/aromatic N) is 3. The molecule has 0 aliphatic rings. The average molecular weight is 457 g/mol. The van der Waals surface area contributed by atoms with Crippen LogP contribution in [0.25, 0.3) is 5.65 Å². The van der Waals surface area contributed by atoms with Crippen molar-refractivity contribution in [1.29, 1.82) is 0 Å². The van der Waals surface area contributed by atoms with Gasteiger partial charge in [0.1, 0.15) is 6.04 Å². The van der Waals surface area contributed by atoms with Gasteiger partial charge in [-0.05, 0) is 29.8 Å². The second-order valence-corrected chi connectivity index (χ2v) is 7.17. The van der Waals surface area contributed by atoms with E-state index in [0.29, 0.717) is 0 Å². The largest absolute Gasteiger partial charge is 0.459 e. The molecule has 0 aliphatic heterocycles. The van der Waals surface area contributed by atoms with E-state index >= 15 is 0 Å². The minimum absolute atomic E-state index is 0.0454. The standard InChI is InChI=1S/C22H18F3N5O3/c23-22(24,25)15-8-9-18-28-29-19(30(18)13-15)12-26-20(31)16(11-14-5-2-1-3-6-14)27-21(32)17-7-4-10-33-17/h1-10,13,16H,11-12H2,(H,26,31)(H,27,32). The van der Waals surface area contributed by atoms with Crippen LogP contribution in [0.15, 0.2) is 71.5 Å². The number of aromatic nitrogens is 3. The van der Waals surface area contributed by atoms with Crippen molar-refractivity contribution in [2.75, 3.05) is 0 Å².